The van der Waals surface area contributed by atoms with E-state index in [0.717, 1.165) is 11.1 Å². The van der Waals surface area contributed by atoms with E-state index < -0.39 is 0 Å². The molecule has 30 heavy (non-hydrogen) atoms. The van der Waals surface area contributed by atoms with E-state index in [1.54, 1.807) is 7.11 Å². The quantitative estimate of drug-likeness (QED) is 0.314. The van der Waals surface area contributed by atoms with Crippen LogP contribution in [0.1, 0.15) is 19.4 Å². The van der Waals surface area contributed by atoms with Crippen molar-refractivity contribution in [2.75, 3.05) is 27.1 Å². The van der Waals surface area contributed by atoms with Crippen molar-refractivity contribution in [2.24, 2.45) is 0 Å². The average molecular weight is 410 g/mol. The molecule has 1 N–H and O–H groups in total. The summed E-state index contributed by atoms with van der Waals surface area (Å²) >= 11 is 0. The van der Waals surface area contributed by atoms with Crippen molar-refractivity contribution in [3.05, 3.63) is 69.9 Å². The standard InChI is InChI=1S/C24H26O6/c1-16(2)9-10-18-22(29-15-28-12-11-27-3)14-20(26)23-19(25)13-21(30-24(18)23)17-7-5-4-6-8-17/h4-9,13-14,26H,10-12,15H2,1-3H3. The first kappa shape index (κ1) is 21.6. The molecule has 6 heteroatoms. The summed E-state index contributed by atoms with van der Waals surface area (Å²) in [7, 11) is 1.59. The van der Waals surface area contributed by atoms with Gasteiger partial charge in [-0.05, 0) is 20.3 Å². The number of methoxy groups -OCH3 is 1. The fraction of sp³-hybridized carbons (Fsp3) is 0.292. The molecule has 0 saturated carbocycles. The van der Waals surface area contributed by atoms with Crippen molar-refractivity contribution in [3.63, 3.8) is 0 Å². The lowest BCUT2D eigenvalue weighted by Gasteiger charge is -2.15. The maximum atomic E-state index is 12.8. The maximum Gasteiger partial charge on any atom is 0.197 e. The van der Waals surface area contributed by atoms with E-state index in [2.05, 4.69) is 0 Å². The van der Waals surface area contributed by atoms with Gasteiger partial charge in [-0.3, -0.25) is 4.79 Å². The van der Waals surface area contributed by atoms with Gasteiger partial charge in [-0.15, -0.1) is 0 Å². The summed E-state index contributed by atoms with van der Waals surface area (Å²) in [4.78, 5) is 12.8. The molecule has 158 valence electrons. The maximum absolute atomic E-state index is 12.8. The molecular weight excluding hydrogens is 384 g/mol. The number of allylic oxidation sites excluding steroid dienone is 2. The first-order valence-electron chi connectivity index (χ1n) is 9.72. The summed E-state index contributed by atoms with van der Waals surface area (Å²) < 4.78 is 22.2. The second kappa shape index (κ2) is 10.1. The van der Waals surface area contributed by atoms with Gasteiger partial charge in [0.15, 0.2) is 12.2 Å². The predicted molar refractivity (Wildman–Crippen MR) is 116 cm³/mol. The van der Waals surface area contributed by atoms with Gasteiger partial charge in [-0.1, -0.05) is 42.0 Å². The Kier molecular flexibility index (Phi) is 7.27. The molecule has 1 heterocycles. The summed E-state index contributed by atoms with van der Waals surface area (Å²) in [5, 5.41) is 10.7. The number of hydrogen-bond donors (Lipinski definition) is 1. The topological polar surface area (TPSA) is 78.1 Å². The smallest absolute Gasteiger partial charge is 0.197 e. The Morgan fingerprint density at radius 1 is 1.13 bits per heavy atom. The largest absolute Gasteiger partial charge is 0.507 e. The molecule has 2 aromatic carbocycles. The van der Waals surface area contributed by atoms with E-state index in [9.17, 15) is 9.90 Å². The molecule has 0 aliphatic heterocycles. The zero-order chi connectivity index (χ0) is 21.5. The molecule has 3 rings (SSSR count). The SMILES string of the molecule is COCCOCOc1cc(O)c2c(=O)cc(-c3ccccc3)oc2c1CC=C(C)C. The fourth-order valence-corrected chi connectivity index (χ4v) is 3.02. The number of fused-ring (bicyclic) bond motifs is 1. The number of rotatable bonds is 9. The van der Waals surface area contributed by atoms with Gasteiger partial charge >= 0.3 is 0 Å². The van der Waals surface area contributed by atoms with Gasteiger partial charge in [0.1, 0.15) is 28.2 Å². The monoisotopic (exact) mass is 410 g/mol. The van der Waals surface area contributed by atoms with E-state index in [4.69, 9.17) is 18.6 Å². The highest BCUT2D eigenvalue weighted by atomic mass is 16.7. The molecule has 0 unspecified atom stereocenters. The van der Waals surface area contributed by atoms with Gasteiger partial charge in [-0.2, -0.15) is 0 Å². The van der Waals surface area contributed by atoms with Crippen molar-refractivity contribution in [3.8, 4) is 22.8 Å². The Morgan fingerprint density at radius 2 is 1.90 bits per heavy atom. The van der Waals surface area contributed by atoms with Gasteiger partial charge in [0.05, 0.1) is 13.2 Å². The van der Waals surface area contributed by atoms with Gasteiger partial charge in [0.2, 0.25) is 0 Å². The van der Waals surface area contributed by atoms with Crippen LogP contribution in [0, 0.1) is 0 Å². The Balaban J connectivity index is 2.11. The van der Waals surface area contributed by atoms with Crippen molar-refractivity contribution in [2.45, 2.75) is 20.3 Å². The van der Waals surface area contributed by atoms with Gasteiger partial charge < -0.3 is 23.7 Å². The third kappa shape index (κ3) is 5.09. The summed E-state index contributed by atoms with van der Waals surface area (Å²) in [6.45, 7) is 4.79. The van der Waals surface area contributed by atoms with E-state index in [-0.39, 0.29) is 23.4 Å². The van der Waals surface area contributed by atoms with Crippen LogP contribution in [0.15, 0.2) is 63.3 Å². The normalized spacial score (nSPS) is 10.9. The summed E-state index contributed by atoms with van der Waals surface area (Å²) in [6, 6.07) is 12.2. The highest BCUT2D eigenvalue weighted by Crippen LogP contribution is 2.36. The van der Waals surface area contributed by atoms with E-state index >= 15 is 0 Å². The molecule has 0 spiro atoms. The molecule has 0 aliphatic rings. The van der Waals surface area contributed by atoms with Crippen LogP contribution >= 0.6 is 0 Å². The van der Waals surface area contributed by atoms with E-state index in [1.165, 1.54) is 12.1 Å². The van der Waals surface area contributed by atoms with Gasteiger partial charge in [-0.25, -0.2) is 0 Å². The number of hydrogen-bond acceptors (Lipinski definition) is 6. The van der Waals surface area contributed by atoms with E-state index in [1.807, 2.05) is 50.3 Å². The van der Waals surface area contributed by atoms with Crippen molar-refractivity contribution >= 4 is 11.0 Å². The second-order valence-electron chi connectivity index (χ2n) is 7.07. The molecule has 0 radical (unpaired) electrons. The van der Waals surface area contributed by atoms with Crippen LogP contribution in [0.4, 0.5) is 0 Å². The number of aromatic hydroxyl groups is 1. The van der Waals surface area contributed by atoms with Gasteiger partial charge in [0, 0.05) is 30.4 Å². The molecule has 0 aliphatic carbocycles. The first-order valence-corrected chi connectivity index (χ1v) is 9.72. The van der Waals surface area contributed by atoms with Crippen molar-refractivity contribution in [1.82, 2.24) is 0 Å². The van der Waals surface area contributed by atoms with Crippen LogP contribution in [0.2, 0.25) is 0 Å². The van der Waals surface area contributed by atoms with Crippen molar-refractivity contribution < 1.29 is 23.7 Å². The fourth-order valence-electron chi connectivity index (χ4n) is 3.02. The third-order valence-corrected chi connectivity index (χ3v) is 4.55. The lowest BCUT2D eigenvalue weighted by Crippen LogP contribution is -2.10. The molecule has 0 bridgehead atoms. The van der Waals surface area contributed by atoms with E-state index in [0.29, 0.717) is 42.3 Å². The number of benzene rings is 2. The van der Waals surface area contributed by atoms with Crippen LogP contribution in [0.25, 0.3) is 22.3 Å². The minimum atomic E-state index is -0.311. The van der Waals surface area contributed by atoms with Crippen LogP contribution in [-0.2, 0) is 15.9 Å². The lowest BCUT2D eigenvalue weighted by molar-refractivity contribution is -0.00884. The second-order valence-corrected chi connectivity index (χ2v) is 7.07. The molecule has 1 aromatic heterocycles. The summed E-state index contributed by atoms with van der Waals surface area (Å²) in [6.07, 6.45) is 2.49. The van der Waals surface area contributed by atoms with Crippen LogP contribution < -0.4 is 10.2 Å². The minimum absolute atomic E-state index is 0.0151. The summed E-state index contributed by atoms with van der Waals surface area (Å²) in [5.41, 5.74) is 2.56. The van der Waals surface area contributed by atoms with Crippen LogP contribution in [0.5, 0.6) is 11.5 Å². The van der Waals surface area contributed by atoms with Crippen LogP contribution in [0.3, 0.4) is 0 Å². The van der Waals surface area contributed by atoms with Crippen molar-refractivity contribution in [1.29, 1.82) is 0 Å². The molecule has 0 saturated heterocycles. The zero-order valence-electron chi connectivity index (χ0n) is 17.4. The number of ether oxygens (including phenoxy) is 3. The molecule has 3 aromatic rings. The highest BCUT2D eigenvalue weighted by molar-refractivity contribution is 5.89. The summed E-state index contributed by atoms with van der Waals surface area (Å²) in [5.74, 6) is 0.647. The Morgan fingerprint density at radius 3 is 2.60 bits per heavy atom. The molecule has 0 amide bonds. The highest BCUT2D eigenvalue weighted by Gasteiger charge is 2.19. The molecule has 6 nitrogen and oxygen atoms in total. The van der Waals surface area contributed by atoms with Gasteiger partial charge in [0.25, 0.3) is 0 Å². The predicted octanol–water partition coefficient (Wildman–Crippen LogP) is 4.67. The Hall–Kier alpha value is -3.09. The number of phenolic OH excluding ortho intramolecular Hbond substituents is 1. The third-order valence-electron chi connectivity index (χ3n) is 4.55. The molecule has 0 atom stereocenters. The Labute approximate surface area is 175 Å². The number of phenols is 1. The zero-order valence-corrected chi connectivity index (χ0v) is 17.4. The lowest BCUT2D eigenvalue weighted by atomic mass is 10.0. The first-order chi connectivity index (χ1) is 14.5. The van der Waals surface area contributed by atoms with Crippen LogP contribution in [-0.4, -0.2) is 32.2 Å². The minimum Gasteiger partial charge on any atom is -0.507 e. The molecule has 0 fully saturated rings. The molecular formula is C24H26O6. The Bertz CT molecular complexity index is 1080. The average Bonchev–Trinajstić information content (AvgIpc) is 2.73.